The second-order valence-electron chi connectivity index (χ2n) is 7.21. The highest BCUT2D eigenvalue weighted by Crippen LogP contribution is 2.33. The van der Waals surface area contributed by atoms with Crippen LogP contribution in [0.15, 0.2) is 60.9 Å². The van der Waals surface area contributed by atoms with Crippen LogP contribution in [0, 0.1) is 13.8 Å². The Hall–Kier alpha value is -3.58. The van der Waals surface area contributed by atoms with E-state index in [0.717, 1.165) is 26.9 Å². The van der Waals surface area contributed by atoms with Gasteiger partial charge in [-0.25, -0.2) is 9.78 Å². The molecule has 0 unspecified atom stereocenters. The van der Waals surface area contributed by atoms with Crippen molar-refractivity contribution in [2.45, 2.75) is 20.4 Å². The highest BCUT2D eigenvalue weighted by molar-refractivity contribution is 7.22. The standard InChI is InChI=1S/C24H21N3O3S/c1-15-11-16(2)21-20(12-15)31-24(26-21)27(14-17-7-6-10-25-13-17)22(28)18-8-4-5-9-19(18)23(29)30-3/h4-13H,14H2,1-3H3. The van der Waals surface area contributed by atoms with Crippen molar-refractivity contribution in [2.24, 2.45) is 0 Å². The van der Waals surface area contributed by atoms with Crippen LogP contribution in [0.25, 0.3) is 10.2 Å². The molecule has 0 aliphatic heterocycles. The van der Waals surface area contributed by atoms with E-state index < -0.39 is 5.97 Å². The molecule has 1 amide bonds. The molecule has 2 heterocycles. The minimum atomic E-state index is -0.555. The van der Waals surface area contributed by atoms with Gasteiger partial charge in [0, 0.05) is 12.4 Å². The molecule has 0 fully saturated rings. The Morgan fingerprint density at radius 3 is 2.55 bits per heavy atom. The zero-order chi connectivity index (χ0) is 22.0. The summed E-state index contributed by atoms with van der Waals surface area (Å²) in [5.74, 6) is -0.876. The number of nitrogens with zero attached hydrogens (tertiary/aromatic N) is 3. The summed E-state index contributed by atoms with van der Waals surface area (Å²) in [7, 11) is 1.30. The van der Waals surface area contributed by atoms with Crippen LogP contribution in [0.4, 0.5) is 5.13 Å². The molecule has 0 spiro atoms. The van der Waals surface area contributed by atoms with Gasteiger partial charge in [0.05, 0.1) is 35.0 Å². The molecule has 6 nitrogen and oxygen atoms in total. The number of hydrogen-bond acceptors (Lipinski definition) is 6. The predicted octanol–water partition coefficient (Wildman–Crippen LogP) is 4.94. The van der Waals surface area contributed by atoms with Gasteiger partial charge in [0.1, 0.15) is 0 Å². The van der Waals surface area contributed by atoms with Gasteiger partial charge in [0.15, 0.2) is 5.13 Å². The molecule has 4 aromatic rings. The average molecular weight is 432 g/mol. The second kappa shape index (κ2) is 8.65. The van der Waals surface area contributed by atoms with Crippen molar-refractivity contribution in [1.29, 1.82) is 0 Å². The summed E-state index contributed by atoms with van der Waals surface area (Å²) in [5, 5.41) is 0.567. The van der Waals surface area contributed by atoms with Crippen molar-refractivity contribution < 1.29 is 14.3 Å². The monoisotopic (exact) mass is 431 g/mol. The Kier molecular flexibility index (Phi) is 5.77. The van der Waals surface area contributed by atoms with E-state index in [9.17, 15) is 9.59 Å². The van der Waals surface area contributed by atoms with E-state index in [1.807, 2.05) is 26.0 Å². The molecule has 0 N–H and O–H groups in total. The maximum atomic E-state index is 13.7. The maximum Gasteiger partial charge on any atom is 0.338 e. The Bertz CT molecular complexity index is 1270. The Labute approximate surface area is 184 Å². The Morgan fingerprint density at radius 1 is 1.06 bits per heavy atom. The summed E-state index contributed by atoms with van der Waals surface area (Å²) < 4.78 is 5.89. The molecule has 31 heavy (non-hydrogen) atoms. The number of thiazole rings is 1. The lowest BCUT2D eigenvalue weighted by molar-refractivity contribution is 0.0597. The fourth-order valence-electron chi connectivity index (χ4n) is 3.48. The number of aromatic nitrogens is 2. The van der Waals surface area contributed by atoms with Gasteiger partial charge in [0.25, 0.3) is 5.91 Å². The van der Waals surface area contributed by atoms with Crippen LogP contribution in [0.5, 0.6) is 0 Å². The van der Waals surface area contributed by atoms with Crippen LogP contribution in [0.2, 0.25) is 0 Å². The third-order valence-electron chi connectivity index (χ3n) is 4.92. The van der Waals surface area contributed by atoms with Crippen molar-refractivity contribution >= 4 is 38.6 Å². The maximum absolute atomic E-state index is 13.7. The van der Waals surface area contributed by atoms with E-state index in [0.29, 0.717) is 5.13 Å². The molecule has 2 aromatic carbocycles. The average Bonchev–Trinajstić information content (AvgIpc) is 3.21. The molecule has 4 rings (SSSR count). The largest absolute Gasteiger partial charge is 0.465 e. The Morgan fingerprint density at radius 2 is 1.84 bits per heavy atom. The van der Waals surface area contributed by atoms with Gasteiger partial charge >= 0.3 is 5.97 Å². The molecule has 0 saturated heterocycles. The molecule has 0 saturated carbocycles. The molecule has 0 bridgehead atoms. The van der Waals surface area contributed by atoms with Crippen LogP contribution in [-0.2, 0) is 11.3 Å². The van der Waals surface area contributed by atoms with E-state index in [2.05, 4.69) is 17.1 Å². The summed E-state index contributed by atoms with van der Waals surface area (Å²) in [6, 6.07) is 14.5. The SMILES string of the molecule is COC(=O)c1ccccc1C(=O)N(Cc1cccnc1)c1nc2c(C)cc(C)cc2s1. The number of fused-ring (bicyclic) bond motifs is 1. The lowest BCUT2D eigenvalue weighted by Gasteiger charge is -2.21. The van der Waals surface area contributed by atoms with E-state index in [-0.39, 0.29) is 23.6 Å². The Balaban J connectivity index is 1.83. The number of esters is 1. The highest BCUT2D eigenvalue weighted by Gasteiger charge is 2.26. The fourth-order valence-corrected chi connectivity index (χ4v) is 4.62. The number of rotatable bonds is 5. The van der Waals surface area contributed by atoms with E-state index in [1.54, 1.807) is 41.6 Å². The van der Waals surface area contributed by atoms with Gasteiger partial charge in [-0.05, 0) is 54.8 Å². The van der Waals surface area contributed by atoms with Crippen molar-refractivity contribution in [1.82, 2.24) is 9.97 Å². The zero-order valence-corrected chi connectivity index (χ0v) is 18.3. The minimum absolute atomic E-state index is 0.222. The van der Waals surface area contributed by atoms with Crippen LogP contribution in [-0.4, -0.2) is 29.0 Å². The van der Waals surface area contributed by atoms with Crippen LogP contribution >= 0.6 is 11.3 Å². The van der Waals surface area contributed by atoms with Crippen molar-refractivity contribution in [3.05, 3.63) is 88.7 Å². The quantitative estimate of drug-likeness (QED) is 0.419. The van der Waals surface area contributed by atoms with Gasteiger partial charge in [-0.15, -0.1) is 0 Å². The summed E-state index contributed by atoms with van der Waals surface area (Å²) in [5.41, 5.74) is 4.42. The normalized spacial score (nSPS) is 10.8. The first kappa shape index (κ1) is 20.7. The predicted molar refractivity (Wildman–Crippen MR) is 122 cm³/mol. The number of anilines is 1. The smallest absolute Gasteiger partial charge is 0.338 e. The number of methoxy groups -OCH3 is 1. The van der Waals surface area contributed by atoms with Gasteiger partial charge in [-0.1, -0.05) is 35.6 Å². The number of carbonyl (C=O) groups is 2. The lowest BCUT2D eigenvalue weighted by Crippen LogP contribution is -2.31. The van der Waals surface area contributed by atoms with Crippen molar-refractivity contribution in [3.63, 3.8) is 0 Å². The van der Waals surface area contributed by atoms with Gasteiger partial charge in [0.2, 0.25) is 0 Å². The molecule has 7 heteroatoms. The van der Waals surface area contributed by atoms with E-state index >= 15 is 0 Å². The summed E-state index contributed by atoms with van der Waals surface area (Å²) in [6.07, 6.45) is 3.40. The molecule has 0 aliphatic carbocycles. The zero-order valence-electron chi connectivity index (χ0n) is 17.5. The molecular formula is C24H21N3O3S. The topological polar surface area (TPSA) is 72.4 Å². The van der Waals surface area contributed by atoms with Crippen LogP contribution < -0.4 is 4.90 Å². The number of aryl methyl sites for hydroxylation is 2. The fraction of sp³-hybridized carbons (Fsp3) is 0.167. The number of ether oxygens (including phenoxy) is 1. The molecular weight excluding hydrogens is 410 g/mol. The first-order valence-corrected chi connectivity index (χ1v) is 10.6. The molecule has 0 radical (unpaired) electrons. The van der Waals surface area contributed by atoms with Crippen molar-refractivity contribution in [2.75, 3.05) is 12.0 Å². The van der Waals surface area contributed by atoms with Crippen LogP contribution in [0.3, 0.4) is 0 Å². The summed E-state index contributed by atoms with van der Waals surface area (Å²) in [6.45, 7) is 4.33. The molecule has 156 valence electrons. The third-order valence-corrected chi connectivity index (χ3v) is 5.95. The number of amides is 1. The minimum Gasteiger partial charge on any atom is -0.465 e. The third kappa shape index (κ3) is 4.18. The van der Waals surface area contributed by atoms with E-state index in [1.165, 1.54) is 18.4 Å². The highest BCUT2D eigenvalue weighted by atomic mass is 32.1. The summed E-state index contributed by atoms with van der Waals surface area (Å²) in [4.78, 5) is 36.5. The second-order valence-corrected chi connectivity index (χ2v) is 8.22. The first-order chi connectivity index (χ1) is 15.0. The summed E-state index contributed by atoms with van der Waals surface area (Å²) >= 11 is 1.45. The number of hydrogen-bond donors (Lipinski definition) is 0. The van der Waals surface area contributed by atoms with Gasteiger partial charge < -0.3 is 4.74 Å². The lowest BCUT2D eigenvalue weighted by atomic mass is 10.1. The molecule has 2 aromatic heterocycles. The molecule has 0 aliphatic rings. The van der Waals surface area contributed by atoms with Gasteiger partial charge in [-0.3, -0.25) is 14.7 Å². The number of carbonyl (C=O) groups excluding carboxylic acids is 2. The number of benzene rings is 2. The first-order valence-electron chi connectivity index (χ1n) is 9.74. The van der Waals surface area contributed by atoms with Crippen molar-refractivity contribution in [3.8, 4) is 0 Å². The number of pyridine rings is 1. The molecule has 0 atom stereocenters. The van der Waals surface area contributed by atoms with E-state index in [4.69, 9.17) is 9.72 Å². The van der Waals surface area contributed by atoms with Gasteiger partial charge in [-0.2, -0.15) is 0 Å². The van der Waals surface area contributed by atoms with Crippen LogP contribution in [0.1, 0.15) is 37.4 Å².